The molecule has 1 atom stereocenters. The second kappa shape index (κ2) is 7.25. The topological polar surface area (TPSA) is 74.8 Å². The second-order valence-corrected chi connectivity index (χ2v) is 8.63. The van der Waals surface area contributed by atoms with Gasteiger partial charge in [0, 0.05) is 25.2 Å². The number of ketones is 1. The third kappa shape index (κ3) is 3.62. The van der Waals surface area contributed by atoms with Gasteiger partial charge in [0.25, 0.3) is 0 Å². The predicted molar refractivity (Wildman–Crippen MR) is 93.8 cm³/mol. The fourth-order valence-corrected chi connectivity index (χ4v) is 5.30. The first-order valence-corrected chi connectivity index (χ1v) is 10.3. The smallest absolute Gasteiger partial charge is 0.243 e. The van der Waals surface area contributed by atoms with E-state index in [2.05, 4.69) is 0 Å². The number of benzene rings is 1. The van der Waals surface area contributed by atoms with Crippen LogP contribution in [-0.4, -0.2) is 55.0 Å². The fraction of sp³-hybridized carbons (Fsp3) is 0.556. The minimum absolute atomic E-state index is 0.0801. The summed E-state index contributed by atoms with van der Waals surface area (Å²) in [7, 11) is -3.81. The molecule has 2 aliphatic rings. The van der Waals surface area contributed by atoms with Gasteiger partial charge in [-0.05, 0) is 44.7 Å². The Hall–Kier alpha value is -1.73. The van der Waals surface area contributed by atoms with Gasteiger partial charge < -0.3 is 4.90 Å². The predicted octanol–water partition coefficient (Wildman–Crippen LogP) is 2.05. The molecule has 1 aromatic carbocycles. The van der Waals surface area contributed by atoms with E-state index in [9.17, 15) is 18.0 Å². The van der Waals surface area contributed by atoms with Crippen LogP contribution in [0.4, 0.5) is 0 Å². The summed E-state index contributed by atoms with van der Waals surface area (Å²) in [5.41, 5.74) is 0.362. The first-order valence-electron chi connectivity index (χ1n) is 8.83. The second-order valence-electron chi connectivity index (χ2n) is 6.74. The van der Waals surface area contributed by atoms with Crippen molar-refractivity contribution in [3.05, 3.63) is 29.8 Å². The molecule has 6 nitrogen and oxygen atoms in total. The highest BCUT2D eigenvalue weighted by Crippen LogP contribution is 2.28. The highest BCUT2D eigenvalue weighted by atomic mass is 32.2. The minimum atomic E-state index is -3.81. The zero-order chi connectivity index (χ0) is 18.0. The fourth-order valence-electron chi connectivity index (χ4n) is 3.60. The van der Waals surface area contributed by atoms with Crippen LogP contribution in [0.25, 0.3) is 0 Å². The molecule has 25 heavy (non-hydrogen) atoms. The highest BCUT2D eigenvalue weighted by Gasteiger charge is 2.39. The van der Waals surface area contributed by atoms with E-state index in [1.54, 1.807) is 17.0 Å². The van der Waals surface area contributed by atoms with Crippen LogP contribution in [0.1, 0.15) is 49.4 Å². The van der Waals surface area contributed by atoms with Crippen molar-refractivity contribution < 1.29 is 18.0 Å². The first-order chi connectivity index (χ1) is 11.9. The van der Waals surface area contributed by atoms with Crippen LogP contribution in [-0.2, 0) is 14.8 Å². The van der Waals surface area contributed by atoms with Gasteiger partial charge in [0.05, 0.1) is 4.90 Å². The Morgan fingerprint density at radius 2 is 1.72 bits per heavy atom. The molecular weight excluding hydrogens is 340 g/mol. The lowest BCUT2D eigenvalue weighted by Gasteiger charge is -2.35. The van der Waals surface area contributed by atoms with Gasteiger partial charge in [0.15, 0.2) is 5.78 Å². The van der Waals surface area contributed by atoms with E-state index in [0.717, 1.165) is 25.7 Å². The molecule has 2 saturated heterocycles. The van der Waals surface area contributed by atoms with Crippen LogP contribution in [0.15, 0.2) is 29.2 Å². The van der Waals surface area contributed by atoms with Crippen molar-refractivity contribution in [2.24, 2.45) is 0 Å². The molecule has 2 fully saturated rings. The van der Waals surface area contributed by atoms with Gasteiger partial charge in [-0.2, -0.15) is 4.31 Å². The number of hydrogen-bond donors (Lipinski definition) is 0. The number of carbonyl (C=O) groups is 2. The summed E-state index contributed by atoms with van der Waals surface area (Å²) in [5, 5.41) is 0. The van der Waals surface area contributed by atoms with Gasteiger partial charge in [-0.3, -0.25) is 9.59 Å². The van der Waals surface area contributed by atoms with Gasteiger partial charge in [-0.15, -0.1) is 0 Å². The number of hydrogen-bond acceptors (Lipinski definition) is 4. The van der Waals surface area contributed by atoms with E-state index in [0.29, 0.717) is 31.6 Å². The lowest BCUT2D eigenvalue weighted by molar-refractivity contribution is -0.135. The number of carbonyl (C=O) groups excluding carboxylic acids is 2. The zero-order valence-electron chi connectivity index (χ0n) is 14.5. The standard InChI is InChI=1S/C18H24N2O4S/c1-14(21)15-7-6-8-16(13-15)25(23,24)20-12-3-2-9-17(20)18(22)19-10-4-5-11-19/h6-8,13,17H,2-5,9-12H2,1H3. The Morgan fingerprint density at radius 1 is 1.04 bits per heavy atom. The van der Waals surface area contributed by atoms with Crippen molar-refractivity contribution in [3.63, 3.8) is 0 Å². The SMILES string of the molecule is CC(=O)c1cccc(S(=O)(=O)N2CCCCC2C(=O)N2CCCC2)c1. The summed E-state index contributed by atoms with van der Waals surface area (Å²) >= 11 is 0. The number of likely N-dealkylation sites (tertiary alicyclic amines) is 1. The van der Waals surface area contributed by atoms with Crippen molar-refractivity contribution in [3.8, 4) is 0 Å². The molecule has 3 rings (SSSR count). The number of amides is 1. The van der Waals surface area contributed by atoms with E-state index in [1.807, 2.05) is 0 Å². The van der Waals surface area contributed by atoms with Gasteiger partial charge >= 0.3 is 0 Å². The normalized spacial score (nSPS) is 22.1. The van der Waals surface area contributed by atoms with Gasteiger partial charge in [0.2, 0.25) is 15.9 Å². The first kappa shape index (κ1) is 18.1. The summed E-state index contributed by atoms with van der Waals surface area (Å²) in [6.07, 6.45) is 4.11. The number of Topliss-reactive ketones (excluding diaryl/α,β-unsaturated/α-hetero) is 1. The van der Waals surface area contributed by atoms with Crippen LogP contribution >= 0.6 is 0 Å². The van der Waals surface area contributed by atoms with Crippen molar-refractivity contribution in [2.45, 2.75) is 50.0 Å². The molecule has 1 unspecified atom stereocenters. The van der Waals surface area contributed by atoms with E-state index < -0.39 is 16.1 Å². The van der Waals surface area contributed by atoms with Crippen LogP contribution < -0.4 is 0 Å². The zero-order valence-corrected chi connectivity index (χ0v) is 15.3. The molecule has 0 spiro atoms. The van der Waals surface area contributed by atoms with Gasteiger partial charge in [-0.1, -0.05) is 18.6 Å². The Labute approximate surface area is 148 Å². The Morgan fingerprint density at radius 3 is 2.40 bits per heavy atom. The third-order valence-electron chi connectivity index (χ3n) is 5.00. The molecule has 0 bridgehead atoms. The monoisotopic (exact) mass is 364 g/mol. The molecule has 1 aromatic rings. The maximum Gasteiger partial charge on any atom is 0.243 e. The van der Waals surface area contributed by atoms with Crippen LogP contribution in [0.3, 0.4) is 0 Å². The maximum absolute atomic E-state index is 13.1. The summed E-state index contributed by atoms with van der Waals surface area (Å²) in [5.74, 6) is -0.260. The Kier molecular flexibility index (Phi) is 5.24. The molecule has 0 aromatic heterocycles. The van der Waals surface area contributed by atoms with Crippen molar-refractivity contribution >= 4 is 21.7 Å². The van der Waals surface area contributed by atoms with E-state index in [-0.39, 0.29) is 16.6 Å². The van der Waals surface area contributed by atoms with E-state index in [4.69, 9.17) is 0 Å². The molecule has 2 aliphatic heterocycles. The molecule has 1 amide bonds. The average molecular weight is 364 g/mol. The van der Waals surface area contributed by atoms with Gasteiger partial charge in [0.1, 0.15) is 6.04 Å². The lowest BCUT2D eigenvalue weighted by atomic mass is 10.0. The number of nitrogens with zero attached hydrogens (tertiary/aromatic N) is 2. The van der Waals surface area contributed by atoms with Crippen LogP contribution in [0.2, 0.25) is 0 Å². The third-order valence-corrected chi connectivity index (χ3v) is 6.91. The molecule has 2 heterocycles. The molecule has 0 saturated carbocycles. The highest BCUT2D eigenvalue weighted by molar-refractivity contribution is 7.89. The summed E-state index contributed by atoms with van der Waals surface area (Å²) in [6.45, 7) is 3.18. The number of piperidine rings is 1. The lowest BCUT2D eigenvalue weighted by Crippen LogP contribution is -2.52. The van der Waals surface area contributed by atoms with Gasteiger partial charge in [-0.25, -0.2) is 8.42 Å². The summed E-state index contributed by atoms with van der Waals surface area (Å²) in [6, 6.07) is 5.45. The minimum Gasteiger partial charge on any atom is -0.341 e. The van der Waals surface area contributed by atoms with Crippen molar-refractivity contribution in [1.82, 2.24) is 9.21 Å². The molecule has 0 aliphatic carbocycles. The summed E-state index contributed by atoms with van der Waals surface area (Å²) < 4.78 is 27.6. The number of rotatable bonds is 4. The average Bonchev–Trinajstić information content (AvgIpc) is 3.16. The Bertz CT molecular complexity index is 769. The molecule has 136 valence electrons. The van der Waals surface area contributed by atoms with E-state index in [1.165, 1.54) is 23.4 Å². The van der Waals surface area contributed by atoms with Crippen LogP contribution in [0.5, 0.6) is 0 Å². The van der Waals surface area contributed by atoms with Crippen LogP contribution in [0, 0.1) is 0 Å². The molecule has 0 N–H and O–H groups in total. The molecule has 7 heteroatoms. The maximum atomic E-state index is 13.1. The quantitative estimate of drug-likeness (QED) is 0.767. The van der Waals surface area contributed by atoms with E-state index >= 15 is 0 Å². The summed E-state index contributed by atoms with van der Waals surface area (Å²) in [4.78, 5) is 26.3. The Balaban J connectivity index is 1.91. The largest absolute Gasteiger partial charge is 0.341 e. The molecular formula is C18H24N2O4S. The van der Waals surface area contributed by atoms with Crippen molar-refractivity contribution in [2.75, 3.05) is 19.6 Å². The molecule has 0 radical (unpaired) electrons. The number of sulfonamides is 1. The van der Waals surface area contributed by atoms with Crippen molar-refractivity contribution in [1.29, 1.82) is 0 Å².